The summed E-state index contributed by atoms with van der Waals surface area (Å²) in [4.78, 5) is 26.1. The molecule has 2 atom stereocenters. The van der Waals surface area contributed by atoms with E-state index in [1.165, 1.54) is 4.80 Å². The van der Waals surface area contributed by atoms with Crippen molar-refractivity contribution in [3.8, 4) is 5.69 Å². The molecular formula is C22H25ClN6O. The van der Waals surface area contributed by atoms with Gasteiger partial charge in [-0.2, -0.15) is 10.2 Å². The highest BCUT2D eigenvalue weighted by molar-refractivity contribution is 6.30. The van der Waals surface area contributed by atoms with E-state index in [-0.39, 0.29) is 11.9 Å². The van der Waals surface area contributed by atoms with E-state index in [1.54, 1.807) is 18.6 Å². The van der Waals surface area contributed by atoms with Crippen LogP contribution in [0.2, 0.25) is 5.02 Å². The molecule has 0 bridgehead atoms. The van der Waals surface area contributed by atoms with Crippen molar-refractivity contribution in [2.75, 3.05) is 6.54 Å². The largest absolute Gasteiger partial charge is 0.334 e. The molecule has 1 aliphatic heterocycles. The molecular weight excluding hydrogens is 400 g/mol. The molecule has 8 heteroatoms. The Kier molecular flexibility index (Phi) is 6.08. The third-order valence-corrected chi connectivity index (χ3v) is 5.93. The maximum atomic E-state index is 13.6. The first kappa shape index (κ1) is 20.5. The summed E-state index contributed by atoms with van der Waals surface area (Å²) in [5.74, 6) is 0.345. The Morgan fingerprint density at radius 1 is 1.20 bits per heavy atom. The fourth-order valence-electron chi connectivity index (χ4n) is 4.14. The lowest BCUT2D eigenvalue weighted by atomic mass is 9.87. The van der Waals surface area contributed by atoms with Gasteiger partial charge in [-0.3, -0.25) is 9.78 Å². The number of nitrogens with zero attached hydrogens (tertiary/aromatic N) is 6. The highest BCUT2D eigenvalue weighted by Gasteiger charge is 2.34. The van der Waals surface area contributed by atoms with Gasteiger partial charge in [0.05, 0.1) is 17.4 Å². The minimum absolute atomic E-state index is 0.0633. The van der Waals surface area contributed by atoms with Gasteiger partial charge in [0.25, 0.3) is 5.91 Å². The number of likely N-dealkylation sites (tertiary alicyclic amines) is 1. The number of hydrogen-bond acceptors (Lipinski definition) is 5. The second-order valence-corrected chi connectivity index (χ2v) is 8.27. The van der Waals surface area contributed by atoms with Crippen LogP contribution < -0.4 is 0 Å². The number of rotatable bonds is 5. The van der Waals surface area contributed by atoms with E-state index < -0.39 is 0 Å². The Hall–Kier alpha value is -2.80. The SMILES string of the molecule is Cc1ccc(-n2nccn2)c(C(=O)N2CCC[C@@H](C)[C@H]2CCc2ccc(Cl)cn2)n1. The maximum absolute atomic E-state index is 13.6. The van der Waals surface area contributed by atoms with Crippen LogP contribution in [0.3, 0.4) is 0 Å². The van der Waals surface area contributed by atoms with E-state index >= 15 is 0 Å². The number of halogens is 1. The Bertz CT molecular complexity index is 1000. The molecule has 0 saturated carbocycles. The molecule has 0 aliphatic carbocycles. The molecule has 7 nitrogen and oxygen atoms in total. The van der Waals surface area contributed by atoms with Crippen LogP contribution in [0.15, 0.2) is 42.9 Å². The lowest BCUT2D eigenvalue weighted by Crippen LogP contribution is -2.48. The van der Waals surface area contributed by atoms with Crippen molar-refractivity contribution < 1.29 is 4.79 Å². The first-order valence-corrected chi connectivity index (χ1v) is 10.7. The summed E-state index contributed by atoms with van der Waals surface area (Å²) in [5.41, 5.74) is 2.78. The van der Waals surface area contributed by atoms with Crippen molar-refractivity contribution in [3.63, 3.8) is 0 Å². The average Bonchev–Trinajstić information content (AvgIpc) is 3.28. The quantitative estimate of drug-likeness (QED) is 0.620. The summed E-state index contributed by atoms with van der Waals surface area (Å²) < 4.78 is 0. The number of aromatic nitrogens is 5. The van der Waals surface area contributed by atoms with Crippen molar-refractivity contribution >= 4 is 17.5 Å². The molecule has 3 aromatic rings. The number of pyridine rings is 2. The summed E-state index contributed by atoms with van der Waals surface area (Å²) in [6.45, 7) is 4.84. The molecule has 0 spiro atoms. The highest BCUT2D eigenvalue weighted by atomic mass is 35.5. The Labute approximate surface area is 181 Å². The fourth-order valence-corrected chi connectivity index (χ4v) is 4.25. The topological polar surface area (TPSA) is 76.8 Å². The van der Waals surface area contributed by atoms with Crippen LogP contribution in [0.1, 0.15) is 48.1 Å². The molecule has 1 aliphatic rings. The molecule has 1 fully saturated rings. The minimum atomic E-state index is -0.0633. The standard InChI is InChI=1S/C22H25ClN6O/c1-15-4-3-13-28(19(15)10-8-18-7-6-17(23)14-24-18)22(30)21-20(9-5-16(2)27-21)29-25-11-12-26-29/h5-7,9,11-12,14-15,19H,3-4,8,10,13H2,1-2H3/t15-,19-/m1/s1. The van der Waals surface area contributed by atoms with Crippen molar-refractivity contribution in [1.82, 2.24) is 29.9 Å². The fraction of sp³-hybridized carbons (Fsp3) is 0.409. The van der Waals surface area contributed by atoms with Gasteiger partial charge in [-0.25, -0.2) is 4.98 Å². The first-order chi connectivity index (χ1) is 14.5. The Balaban J connectivity index is 1.60. The number of amides is 1. The van der Waals surface area contributed by atoms with Crippen LogP contribution in [0.4, 0.5) is 0 Å². The molecule has 0 unspecified atom stereocenters. The van der Waals surface area contributed by atoms with Gasteiger partial charge in [0.15, 0.2) is 5.69 Å². The van der Waals surface area contributed by atoms with Gasteiger partial charge in [0.2, 0.25) is 0 Å². The van der Waals surface area contributed by atoms with E-state index in [0.29, 0.717) is 22.3 Å². The predicted molar refractivity (Wildman–Crippen MR) is 115 cm³/mol. The lowest BCUT2D eigenvalue weighted by Gasteiger charge is -2.40. The van der Waals surface area contributed by atoms with Gasteiger partial charge in [0, 0.05) is 30.2 Å². The molecule has 156 valence electrons. The van der Waals surface area contributed by atoms with E-state index in [9.17, 15) is 4.79 Å². The van der Waals surface area contributed by atoms with Gasteiger partial charge in [-0.1, -0.05) is 18.5 Å². The maximum Gasteiger partial charge on any atom is 0.275 e. The van der Waals surface area contributed by atoms with Gasteiger partial charge < -0.3 is 4.90 Å². The van der Waals surface area contributed by atoms with E-state index in [1.807, 2.05) is 36.1 Å². The normalized spacial score (nSPS) is 19.1. The number of aryl methyl sites for hydroxylation is 2. The molecule has 0 radical (unpaired) electrons. The first-order valence-electron chi connectivity index (χ1n) is 10.3. The van der Waals surface area contributed by atoms with Gasteiger partial charge in [0.1, 0.15) is 5.69 Å². The van der Waals surface area contributed by atoms with Crippen molar-refractivity contribution in [2.24, 2.45) is 5.92 Å². The highest BCUT2D eigenvalue weighted by Crippen LogP contribution is 2.29. The summed E-state index contributed by atoms with van der Waals surface area (Å²) in [6.07, 6.45) is 8.61. The molecule has 1 saturated heterocycles. The van der Waals surface area contributed by atoms with Gasteiger partial charge >= 0.3 is 0 Å². The minimum Gasteiger partial charge on any atom is -0.334 e. The Morgan fingerprint density at radius 3 is 2.73 bits per heavy atom. The second-order valence-electron chi connectivity index (χ2n) is 7.83. The number of piperidine rings is 1. The summed E-state index contributed by atoms with van der Waals surface area (Å²) in [6, 6.07) is 7.67. The average molecular weight is 425 g/mol. The third-order valence-electron chi connectivity index (χ3n) is 5.71. The Morgan fingerprint density at radius 2 is 2.00 bits per heavy atom. The van der Waals surface area contributed by atoms with Crippen LogP contribution in [-0.4, -0.2) is 48.4 Å². The number of carbonyl (C=O) groups is 1. The summed E-state index contributed by atoms with van der Waals surface area (Å²) >= 11 is 5.95. The molecule has 4 heterocycles. The van der Waals surface area contributed by atoms with Gasteiger partial charge in [-0.05, 0) is 62.8 Å². The molecule has 4 rings (SSSR count). The number of carbonyl (C=O) groups excluding carboxylic acids is 1. The zero-order chi connectivity index (χ0) is 21.1. The second kappa shape index (κ2) is 8.92. The summed E-state index contributed by atoms with van der Waals surface area (Å²) in [7, 11) is 0. The zero-order valence-electron chi connectivity index (χ0n) is 17.2. The molecule has 0 aromatic carbocycles. The van der Waals surface area contributed by atoms with Crippen molar-refractivity contribution in [2.45, 2.75) is 45.6 Å². The van der Waals surface area contributed by atoms with Gasteiger partial charge in [-0.15, -0.1) is 4.80 Å². The lowest BCUT2D eigenvalue weighted by molar-refractivity contribution is 0.0492. The monoisotopic (exact) mass is 424 g/mol. The van der Waals surface area contributed by atoms with Crippen LogP contribution in [0.25, 0.3) is 5.69 Å². The smallest absolute Gasteiger partial charge is 0.275 e. The molecule has 0 N–H and O–H groups in total. The number of hydrogen-bond donors (Lipinski definition) is 0. The predicted octanol–water partition coefficient (Wildman–Crippen LogP) is 3.89. The van der Waals surface area contributed by atoms with Crippen LogP contribution in [0.5, 0.6) is 0 Å². The molecule has 30 heavy (non-hydrogen) atoms. The van der Waals surface area contributed by atoms with E-state index in [4.69, 9.17) is 11.6 Å². The van der Waals surface area contributed by atoms with Crippen molar-refractivity contribution in [1.29, 1.82) is 0 Å². The van der Waals surface area contributed by atoms with Crippen LogP contribution in [-0.2, 0) is 6.42 Å². The molecule has 1 amide bonds. The van der Waals surface area contributed by atoms with E-state index in [0.717, 1.165) is 43.6 Å². The van der Waals surface area contributed by atoms with Crippen molar-refractivity contribution in [3.05, 3.63) is 65.0 Å². The van der Waals surface area contributed by atoms with Crippen LogP contribution >= 0.6 is 11.6 Å². The molecule has 3 aromatic heterocycles. The zero-order valence-corrected chi connectivity index (χ0v) is 18.0. The summed E-state index contributed by atoms with van der Waals surface area (Å²) in [5, 5.41) is 9.03. The third kappa shape index (κ3) is 4.36. The van der Waals surface area contributed by atoms with Crippen LogP contribution in [0, 0.1) is 12.8 Å². The van der Waals surface area contributed by atoms with E-state index in [2.05, 4.69) is 27.1 Å².